The fourth-order valence-corrected chi connectivity index (χ4v) is 3.91. The van der Waals surface area contributed by atoms with Gasteiger partial charge in [-0.25, -0.2) is 4.90 Å². The van der Waals surface area contributed by atoms with Crippen molar-refractivity contribution in [2.24, 2.45) is 0 Å². The van der Waals surface area contributed by atoms with Gasteiger partial charge in [-0.15, -0.1) is 11.8 Å². The maximum absolute atomic E-state index is 13.1. The summed E-state index contributed by atoms with van der Waals surface area (Å²) in [5.74, 6) is 1.27. The van der Waals surface area contributed by atoms with Crippen LogP contribution in [-0.2, 0) is 9.59 Å². The van der Waals surface area contributed by atoms with E-state index in [-0.39, 0.29) is 11.8 Å². The van der Waals surface area contributed by atoms with E-state index < -0.39 is 0 Å². The Kier molecular flexibility index (Phi) is 4.42. The number of carbonyl (C=O) groups excluding carboxylic acids is 2. The molecule has 2 aromatic rings. The monoisotopic (exact) mass is 367 g/mol. The van der Waals surface area contributed by atoms with Crippen molar-refractivity contribution >= 4 is 34.8 Å². The minimum atomic E-state index is -0.311. The number of ether oxygens (including phenoxy) is 2. The second-order valence-electron chi connectivity index (χ2n) is 5.78. The van der Waals surface area contributed by atoms with Crippen molar-refractivity contribution in [3.05, 3.63) is 59.0 Å². The Morgan fingerprint density at radius 3 is 2.42 bits per heavy atom. The van der Waals surface area contributed by atoms with Crippen molar-refractivity contribution in [1.82, 2.24) is 0 Å². The zero-order chi connectivity index (χ0) is 18.1. The van der Waals surface area contributed by atoms with Crippen LogP contribution in [0.5, 0.6) is 11.5 Å². The SMILES string of the molecule is CCSC1=C(c2ccccc2)C(=O)N(c2ccc3c(c2)OCCO3)C1=O. The van der Waals surface area contributed by atoms with Crippen LogP contribution in [0.4, 0.5) is 5.69 Å². The molecule has 2 amide bonds. The Morgan fingerprint density at radius 2 is 1.69 bits per heavy atom. The minimum absolute atomic E-state index is 0.294. The molecule has 0 saturated carbocycles. The first-order chi connectivity index (χ1) is 12.7. The van der Waals surface area contributed by atoms with Crippen molar-refractivity contribution in [2.75, 3.05) is 23.9 Å². The molecule has 0 fully saturated rings. The lowest BCUT2D eigenvalue weighted by atomic mass is 10.1. The summed E-state index contributed by atoms with van der Waals surface area (Å²) < 4.78 is 11.1. The van der Waals surface area contributed by atoms with Gasteiger partial charge in [0, 0.05) is 6.07 Å². The number of rotatable bonds is 4. The summed E-state index contributed by atoms with van der Waals surface area (Å²) in [6.45, 7) is 2.90. The molecule has 0 saturated heterocycles. The van der Waals surface area contributed by atoms with Crippen LogP contribution >= 0.6 is 11.8 Å². The highest BCUT2D eigenvalue weighted by Crippen LogP contribution is 2.41. The van der Waals surface area contributed by atoms with Crippen LogP contribution in [0.15, 0.2) is 53.4 Å². The zero-order valence-electron chi connectivity index (χ0n) is 14.2. The van der Waals surface area contributed by atoms with Gasteiger partial charge in [0.1, 0.15) is 13.2 Å². The molecule has 0 spiro atoms. The van der Waals surface area contributed by atoms with Gasteiger partial charge in [-0.05, 0) is 23.4 Å². The number of imide groups is 1. The van der Waals surface area contributed by atoms with E-state index in [0.717, 1.165) is 5.56 Å². The maximum Gasteiger partial charge on any atom is 0.272 e. The number of hydrogen-bond donors (Lipinski definition) is 0. The Hall–Kier alpha value is -2.73. The van der Waals surface area contributed by atoms with Crippen molar-refractivity contribution in [3.8, 4) is 11.5 Å². The van der Waals surface area contributed by atoms with Crippen molar-refractivity contribution in [2.45, 2.75) is 6.92 Å². The lowest BCUT2D eigenvalue weighted by Crippen LogP contribution is -2.31. The summed E-state index contributed by atoms with van der Waals surface area (Å²) in [5, 5.41) is 0. The molecule has 2 heterocycles. The first kappa shape index (κ1) is 16.7. The molecular weight excluding hydrogens is 350 g/mol. The highest BCUT2D eigenvalue weighted by molar-refractivity contribution is 8.04. The molecule has 0 N–H and O–H groups in total. The fourth-order valence-electron chi connectivity index (χ4n) is 3.05. The van der Waals surface area contributed by atoms with Gasteiger partial charge >= 0.3 is 0 Å². The maximum atomic E-state index is 13.1. The molecule has 0 atom stereocenters. The van der Waals surface area contributed by atoms with Crippen LogP contribution in [0.3, 0.4) is 0 Å². The van der Waals surface area contributed by atoms with Gasteiger partial charge in [-0.1, -0.05) is 37.3 Å². The van der Waals surface area contributed by atoms with Gasteiger partial charge in [0.2, 0.25) is 0 Å². The van der Waals surface area contributed by atoms with E-state index in [1.54, 1.807) is 18.2 Å². The molecule has 0 radical (unpaired) electrons. The highest BCUT2D eigenvalue weighted by Gasteiger charge is 2.40. The molecular formula is C20H17NO4S. The highest BCUT2D eigenvalue weighted by atomic mass is 32.2. The lowest BCUT2D eigenvalue weighted by Gasteiger charge is -2.21. The molecule has 5 nitrogen and oxygen atoms in total. The largest absolute Gasteiger partial charge is 0.486 e. The topological polar surface area (TPSA) is 55.8 Å². The number of benzene rings is 2. The van der Waals surface area contributed by atoms with E-state index in [2.05, 4.69) is 0 Å². The molecule has 0 aromatic heterocycles. The molecule has 0 bridgehead atoms. The average molecular weight is 367 g/mol. The van der Waals surface area contributed by atoms with Crippen LogP contribution in [0, 0.1) is 0 Å². The molecule has 2 aliphatic heterocycles. The first-order valence-corrected chi connectivity index (χ1v) is 9.40. The fraction of sp³-hybridized carbons (Fsp3) is 0.200. The Bertz CT molecular complexity index is 907. The molecule has 132 valence electrons. The molecule has 2 aliphatic rings. The second-order valence-corrected chi connectivity index (χ2v) is 7.05. The van der Waals surface area contributed by atoms with Crippen LogP contribution in [-0.4, -0.2) is 30.8 Å². The van der Waals surface area contributed by atoms with Gasteiger partial charge in [0.25, 0.3) is 11.8 Å². The van der Waals surface area contributed by atoms with Gasteiger partial charge in [0.15, 0.2) is 11.5 Å². The Labute approximate surface area is 155 Å². The number of amides is 2. The van der Waals surface area contributed by atoms with Gasteiger partial charge in [-0.2, -0.15) is 0 Å². The number of nitrogens with zero attached hydrogens (tertiary/aromatic N) is 1. The summed E-state index contributed by atoms with van der Waals surface area (Å²) in [6, 6.07) is 14.4. The lowest BCUT2D eigenvalue weighted by molar-refractivity contribution is -0.119. The number of anilines is 1. The Morgan fingerprint density at radius 1 is 0.962 bits per heavy atom. The quantitative estimate of drug-likeness (QED) is 0.774. The summed E-state index contributed by atoms with van der Waals surface area (Å²) in [7, 11) is 0. The van der Waals surface area contributed by atoms with E-state index in [1.807, 2.05) is 37.3 Å². The Balaban J connectivity index is 1.76. The number of hydrogen-bond acceptors (Lipinski definition) is 5. The second kappa shape index (κ2) is 6.88. The number of carbonyl (C=O) groups is 2. The van der Waals surface area contributed by atoms with Crippen LogP contribution in [0.1, 0.15) is 12.5 Å². The van der Waals surface area contributed by atoms with Crippen molar-refractivity contribution in [3.63, 3.8) is 0 Å². The van der Waals surface area contributed by atoms with Crippen molar-refractivity contribution < 1.29 is 19.1 Å². The van der Waals surface area contributed by atoms with E-state index in [4.69, 9.17) is 9.47 Å². The van der Waals surface area contributed by atoms with Crippen molar-refractivity contribution in [1.29, 1.82) is 0 Å². The zero-order valence-corrected chi connectivity index (χ0v) is 15.0. The van der Waals surface area contributed by atoms with Gasteiger partial charge in [-0.3, -0.25) is 9.59 Å². The summed E-state index contributed by atoms with van der Waals surface area (Å²) >= 11 is 1.39. The van der Waals surface area contributed by atoms with Crippen LogP contribution in [0.25, 0.3) is 5.57 Å². The standard InChI is InChI=1S/C20H17NO4S/c1-2-26-18-17(13-6-4-3-5-7-13)19(22)21(20(18)23)14-8-9-15-16(12-14)25-11-10-24-15/h3-9,12H,2,10-11H2,1H3. The summed E-state index contributed by atoms with van der Waals surface area (Å²) in [5.41, 5.74) is 1.70. The average Bonchev–Trinajstić information content (AvgIpc) is 2.92. The van der Waals surface area contributed by atoms with E-state index >= 15 is 0 Å². The van der Waals surface area contributed by atoms with Gasteiger partial charge < -0.3 is 9.47 Å². The van der Waals surface area contributed by atoms with E-state index in [9.17, 15) is 9.59 Å². The molecule has 0 unspecified atom stereocenters. The van der Waals surface area contributed by atoms with Crippen LogP contribution in [0.2, 0.25) is 0 Å². The summed E-state index contributed by atoms with van der Waals surface area (Å²) in [6.07, 6.45) is 0. The summed E-state index contributed by atoms with van der Waals surface area (Å²) in [4.78, 5) is 27.9. The third-order valence-electron chi connectivity index (χ3n) is 4.18. The third-order valence-corrected chi connectivity index (χ3v) is 5.13. The third kappa shape index (κ3) is 2.76. The van der Waals surface area contributed by atoms with Crippen LogP contribution < -0.4 is 14.4 Å². The van der Waals surface area contributed by atoms with E-state index in [0.29, 0.717) is 46.6 Å². The molecule has 26 heavy (non-hydrogen) atoms. The molecule has 2 aromatic carbocycles. The smallest absolute Gasteiger partial charge is 0.272 e. The first-order valence-electron chi connectivity index (χ1n) is 8.41. The predicted octanol–water partition coefficient (Wildman–Crippen LogP) is 3.50. The minimum Gasteiger partial charge on any atom is -0.486 e. The normalized spacial score (nSPS) is 16.4. The predicted molar refractivity (Wildman–Crippen MR) is 101 cm³/mol. The molecule has 6 heteroatoms. The molecule has 0 aliphatic carbocycles. The number of fused-ring (bicyclic) bond motifs is 1. The van der Waals surface area contributed by atoms with Gasteiger partial charge in [0.05, 0.1) is 16.2 Å². The van der Waals surface area contributed by atoms with E-state index in [1.165, 1.54) is 16.7 Å². The number of thioether (sulfide) groups is 1. The molecule has 4 rings (SSSR count).